The van der Waals surface area contributed by atoms with Gasteiger partial charge < -0.3 is 9.30 Å². The smallest absolute Gasteiger partial charge is 0.228 e. The molecule has 0 saturated carbocycles. The molecular formula is C22H25N3O. The minimum atomic E-state index is 0.205. The van der Waals surface area contributed by atoms with Crippen LogP contribution in [0.4, 0.5) is 0 Å². The van der Waals surface area contributed by atoms with Crippen LogP contribution in [0.3, 0.4) is 0 Å². The first-order chi connectivity index (χ1) is 12.5. The maximum atomic E-state index is 12.8. The van der Waals surface area contributed by atoms with Crippen molar-refractivity contribution in [1.29, 1.82) is 0 Å². The zero-order valence-electron chi connectivity index (χ0n) is 15.7. The van der Waals surface area contributed by atoms with Gasteiger partial charge in [-0.15, -0.1) is 0 Å². The van der Waals surface area contributed by atoms with Crippen molar-refractivity contribution < 1.29 is 4.79 Å². The number of fused-ring (bicyclic) bond motifs is 1. The molecule has 3 heterocycles. The molecule has 0 unspecified atom stereocenters. The highest BCUT2D eigenvalue weighted by molar-refractivity contribution is 5.82. The minimum Gasteiger partial charge on any atom is -0.342 e. The standard InChI is InChI=1S/C22H25N3O/c1-15-8-9-18(13-17(15)3)21-19(14-20(26)24-10-4-5-11-24)25-12-6-7-16(2)22(25)23-21/h6-9,12-13H,4-5,10-11,14H2,1-3H3. The minimum absolute atomic E-state index is 0.205. The van der Waals surface area contributed by atoms with Crippen LogP contribution in [0, 0.1) is 20.8 Å². The van der Waals surface area contributed by atoms with E-state index in [1.807, 2.05) is 17.2 Å². The Kier molecular flexibility index (Phi) is 4.27. The molecule has 0 spiro atoms. The van der Waals surface area contributed by atoms with Crippen LogP contribution in [0.15, 0.2) is 36.5 Å². The summed E-state index contributed by atoms with van der Waals surface area (Å²) in [6.45, 7) is 8.07. The van der Waals surface area contributed by atoms with E-state index in [1.54, 1.807) is 0 Å². The number of benzene rings is 1. The van der Waals surface area contributed by atoms with E-state index in [9.17, 15) is 4.79 Å². The summed E-state index contributed by atoms with van der Waals surface area (Å²) in [6, 6.07) is 10.5. The van der Waals surface area contributed by atoms with Crippen LogP contribution < -0.4 is 0 Å². The van der Waals surface area contributed by atoms with E-state index in [0.29, 0.717) is 6.42 Å². The van der Waals surface area contributed by atoms with Gasteiger partial charge in [-0.2, -0.15) is 0 Å². The average Bonchev–Trinajstić information content (AvgIpc) is 3.27. The van der Waals surface area contributed by atoms with Crippen molar-refractivity contribution in [1.82, 2.24) is 14.3 Å². The summed E-state index contributed by atoms with van der Waals surface area (Å²) in [5, 5.41) is 0. The summed E-state index contributed by atoms with van der Waals surface area (Å²) >= 11 is 0. The van der Waals surface area contributed by atoms with Gasteiger partial charge in [-0.05, 0) is 62.4 Å². The molecule has 1 fully saturated rings. The maximum Gasteiger partial charge on any atom is 0.228 e. The largest absolute Gasteiger partial charge is 0.342 e. The van der Waals surface area contributed by atoms with Crippen LogP contribution in [-0.4, -0.2) is 33.3 Å². The third-order valence-electron chi connectivity index (χ3n) is 5.50. The molecule has 0 N–H and O–H groups in total. The number of imidazole rings is 1. The number of rotatable bonds is 3. The molecular weight excluding hydrogens is 322 g/mol. The van der Waals surface area contributed by atoms with Gasteiger partial charge in [-0.1, -0.05) is 18.2 Å². The lowest BCUT2D eigenvalue weighted by molar-refractivity contribution is -0.129. The van der Waals surface area contributed by atoms with Crippen LogP contribution in [-0.2, 0) is 11.2 Å². The Balaban J connectivity index is 1.84. The number of nitrogens with zero attached hydrogens (tertiary/aromatic N) is 3. The Morgan fingerprint density at radius 2 is 1.81 bits per heavy atom. The van der Waals surface area contributed by atoms with Crippen molar-refractivity contribution in [2.45, 2.75) is 40.0 Å². The van der Waals surface area contributed by atoms with Gasteiger partial charge in [0.2, 0.25) is 5.91 Å². The van der Waals surface area contributed by atoms with Crippen LogP contribution in [0.1, 0.15) is 35.2 Å². The second-order valence-corrected chi connectivity index (χ2v) is 7.36. The van der Waals surface area contributed by atoms with Gasteiger partial charge in [0.25, 0.3) is 0 Å². The van der Waals surface area contributed by atoms with Crippen molar-refractivity contribution in [3.63, 3.8) is 0 Å². The molecule has 0 atom stereocenters. The van der Waals surface area contributed by atoms with E-state index < -0.39 is 0 Å². The molecule has 1 aromatic carbocycles. The lowest BCUT2D eigenvalue weighted by atomic mass is 10.0. The molecule has 3 aromatic rings. The highest BCUT2D eigenvalue weighted by Gasteiger charge is 2.23. The molecule has 1 amide bonds. The Morgan fingerprint density at radius 3 is 2.54 bits per heavy atom. The van der Waals surface area contributed by atoms with Crippen molar-refractivity contribution >= 4 is 11.6 Å². The second kappa shape index (κ2) is 6.60. The van der Waals surface area contributed by atoms with Crippen molar-refractivity contribution in [2.24, 2.45) is 0 Å². The molecule has 1 saturated heterocycles. The topological polar surface area (TPSA) is 37.6 Å². The first-order valence-electron chi connectivity index (χ1n) is 9.36. The van der Waals surface area contributed by atoms with E-state index in [1.165, 1.54) is 11.1 Å². The summed E-state index contributed by atoms with van der Waals surface area (Å²) in [5.74, 6) is 0.205. The first kappa shape index (κ1) is 16.8. The predicted octanol–water partition coefficient (Wildman–Crippen LogP) is 4.09. The van der Waals surface area contributed by atoms with E-state index in [0.717, 1.165) is 54.1 Å². The lowest BCUT2D eigenvalue weighted by Gasteiger charge is -2.15. The van der Waals surface area contributed by atoms with Gasteiger partial charge in [0, 0.05) is 24.8 Å². The molecule has 0 radical (unpaired) electrons. The lowest BCUT2D eigenvalue weighted by Crippen LogP contribution is -2.29. The molecule has 4 rings (SSSR count). The van der Waals surface area contributed by atoms with E-state index in [-0.39, 0.29) is 5.91 Å². The van der Waals surface area contributed by atoms with E-state index >= 15 is 0 Å². The third kappa shape index (κ3) is 2.90. The number of likely N-dealkylation sites (tertiary alicyclic amines) is 1. The molecule has 4 nitrogen and oxygen atoms in total. The molecule has 1 aliphatic rings. The Bertz CT molecular complexity index is 980. The fraction of sp³-hybridized carbons (Fsp3) is 0.364. The number of amides is 1. The van der Waals surface area contributed by atoms with Crippen molar-refractivity contribution in [3.8, 4) is 11.3 Å². The highest BCUT2D eigenvalue weighted by Crippen LogP contribution is 2.28. The first-order valence-corrected chi connectivity index (χ1v) is 9.36. The molecule has 2 aromatic heterocycles. The Labute approximate surface area is 154 Å². The number of hydrogen-bond acceptors (Lipinski definition) is 2. The van der Waals surface area contributed by atoms with Gasteiger partial charge in [0.05, 0.1) is 17.8 Å². The highest BCUT2D eigenvalue weighted by atomic mass is 16.2. The van der Waals surface area contributed by atoms with Gasteiger partial charge in [-0.25, -0.2) is 4.98 Å². The zero-order valence-corrected chi connectivity index (χ0v) is 15.7. The van der Waals surface area contributed by atoms with Gasteiger partial charge in [0.15, 0.2) is 0 Å². The molecule has 134 valence electrons. The third-order valence-corrected chi connectivity index (χ3v) is 5.50. The summed E-state index contributed by atoms with van der Waals surface area (Å²) in [4.78, 5) is 19.7. The average molecular weight is 347 g/mol. The van der Waals surface area contributed by atoms with E-state index in [4.69, 9.17) is 4.98 Å². The number of aryl methyl sites for hydroxylation is 3. The van der Waals surface area contributed by atoms with Gasteiger partial charge in [0.1, 0.15) is 5.65 Å². The second-order valence-electron chi connectivity index (χ2n) is 7.36. The summed E-state index contributed by atoms with van der Waals surface area (Å²) in [7, 11) is 0. The van der Waals surface area contributed by atoms with Crippen LogP contribution >= 0.6 is 0 Å². The van der Waals surface area contributed by atoms with Crippen molar-refractivity contribution in [3.05, 3.63) is 58.9 Å². The van der Waals surface area contributed by atoms with E-state index in [2.05, 4.69) is 49.4 Å². The predicted molar refractivity (Wildman–Crippen MR) is 104 cm³/mol. The summed E-state index contributed by atoms with van der Waals surface area (Å²) < 4.78 is 2.09. The fourth-order valence-corrected chi connectivity index (χ4v) is 3.76. The molecule has 26 heavy (non-hydrogen) atoms. The summed E-state index contributed by atoms with van der Waals surface area (Å²) in [6.07, 6.45) is 4.64. The molecule has 1 aliphatic heterocycles. The monoisotopic (exact) mass is 347 g/mol. The Hall–Kier alpha value is -2.62. The zero-order chi connectivity index (χ0) is 18.3. The van der Waals surface area contributed by atoms with Crippen molar-refractivity contribution in [2.75, 3.05) is 13.1 Å². The Morgan fingerprint density at radius 1 is 1.04 bits per heavy atom. The quantitative estimate of drug-likeness (QED) is 0.715. The molecule has 4 heteroatoms. The van der Waals surface area contributed by atoms with Crippen LogP contribution in [0.5, 0.6) is 0 Å². The number of hydrogen-bond donors (Lipinski definition) is 0. The van der Waals surface area contributed by atoms with Crippen LogP contribution in [0.25, 0.3) is 16.9 Å². The SMILES string of the molecule is Cc1ccc(-c2nc3c(C)cccn3c2CC(=O)N2CCCC2)cc1C. The summed E-state index contributed by atoms with van der Waals surface area (Å²) in [5.41, 5.74) is 7.57. The van der Waals surface area contributed by atoms with Crippen LogP contribution in [0.2, 0.25) is 0 Å². The van der Waals surface area contributed by atoms with Gasteiger partial charge >= 0.3 is 0 Å². The molecule has 0 aliphatic carbocycles. The maximum absolute atomic E-state index is 12.8. The fourth-order valence-electron chi connectivity index (χ4n) is 3.76. The number of pyridine rings is 1. The van der Waals surface area contributed by atoms with Gasteiger partial charge in [-0.3, -0.25) is 4.79 Å². The normalized spacial score (nSPS) is 14.3. The number of carbonyl (C=O) groups is 1. The molecule has 0 bridgehead atoms. The number of carbonyl (C=O) groups excluding carboxylic acids is 1. The number of aromatic nitrogens is 2.